The van der Waals surface area contributed by atoms with Gasteiger partial charge in [0.15, 0.2) is 17.3 Å². The van der Waals surface area contributed by atoms with Crippen molar-refractivity contribution in [3.05, 3.63) is 57.0 Å². The number of amides is 1. The molecule has 1 aliphatic carbocycles. The maximum absolute atomic E-state index is 12.5. The molecule has 0 bridgehead atoms. The van der Waals surface area contributed by atoms with Crippen molar-refractivity contribution in [2.45, 2.75) is 33.2 Å². The van der Waals surface area contributed by atoms with E-state index >= 15 is 0 Å². The highest BCUT2D eigenvalue weighted by Crippen LogP contribution is 2.34. The van der Waals surface area contributed by atoms with Gasteiger partial charge >= 0.3 is 0 Å². The number of H-pyrrole nitrogens is 1. The van der Waals surface area contributed by atoms with Crippen LogP contribution in [0.15, 0.2) is 29.1 Å². The van der Waals surface area contributed by atoms with Gasteiger partial charge in [-0.05, 0) is 35.6 Å². The van der Waals surface area contributed by atoms with Gasteiger partial charge in [-0.3, -0.25) is 14.4 Å². The molecule has 7 heteroatoms. The van der Waals surface area contributed by atoms with E-state index in [1.807, 2.05) is 19.9 Å². The van der Waals surface area contributed by atoms with Crippen LogP contribution >= 0.6 is 0 Å². The number of aromatic nitrogens is 1. The molecular weight excluding hydrogens is 348 g/mol. The SMILES string of the molecule is CC1(C)CC(=O)c2cc(C(=O)NCc3ccc4c(c3)OCO4)c(=O)[nH]c2C1. The van der Waals surface area contributed by atoms with Gasteiger partial charge < -0.3 is 19.8 Å². The number of aromatic amines is 1. The zero-order valence-corrected chi connectivity index (χ0v) is 15.2. The molecule has 0 saturated carbocycles. The fourth-order valence-corrected chi connectivity index (χ4v) is 3.52. The predicted molar refractivity (Wildman–Crippen MR) is 97.2 cm³/mol. The zero-order chi connectivity index (χ0) is 19.2. The van der Waals surface area contributed by atoms with Gasteiger partial charge in [-0.1, -0.05) is 19.9 Å². The van der Waals surface area contributed by atoms with Gasteiger partial charge in [0.2, 0.25) is 6.79 Å². The third kappa shape index (κ3) is 3.32. The van der Waals surface area contributed by atoms with Crippen LogP contribution in [0.5, 0.6) is 11.5 Å². The summed E-state index contributed by atoms with van der Waals surface area (Å²) in [6, 6.07) is 6.79. The quantitative estimate of drug-likeness (QED) is 0.865. The van der Waals surface area contributed by atoms with Gasteiger partial charge in [-0.15, -0.1) is 0 Å². The highest BCUT2D eigenvalue weighted by Gasteiger charge is 2.32. The third-order valence-electron chi connectivity index (χ3n) is 4.85. The number of hydrogen-bond donors (Lipinski definition) is 2. The highest BCUT2D eigenvalue weighted by molar-refractivity contribution is 6.02. The number of ether oxygens (including phenoxy) is 2. The minimum Gasteiger partial charge on any atom is -0.454 e. The van der Waals surface area contributed by atoms with Crippen molar-refractivity contribution in [2.75, 3.05) is 6.79 Å². The average Bonchev–Trinajstić information content (AvgIpc) is 3.05. The maximum Gasteiger partial charge on any atom is 0.261 e. The van der Waals surface area contributed by atoms with Crippen LogP contribution in [-0.2, 0) is 13.0 Å². The first-order chi connectivity index (χ1) is 12.8. The summed E-state index contributed by atoms with van der Waals surface area (Å²) in [6.45, 7) is 4.38. The molecule has 0 radical (unpaired) electrons. The lowest BCUT2D eigenvalue weighted by Gasteiger charge is -2.29. The molecular formula is C20H20N2O5. The lowest BCUT2D eigenvalue weighted by atomic mass is 9.75. The van der Waals surface area contributed by atoms with Gasteiger partial charge in [-0.25, -0.2) is 0 Å². The molecule has 0 saturated heterocycles. The van der Waals surface area contributed by atoms with Crippen LogP contribution in [0.4, 0.5) is 0 Å². The number of pyridine rings is 1. The van der Waals surface area contributed by atoms with Crippen LogP contribution in [0.25, 0.3) is 0 Å². The van der Waals surface area contributed by atoms with Crippen LogP contribution in [0, 0.1) is 5.41 Å². The Balaban J connectivity index is 1.53. The van der Waals surface area contributed by atoms with Crippen molar-refractivity contribution >= 4 is 11.7 Å². The van der Waals surface area contributed by atoms with Crippen LogP contribution in [-0.4, -0.2) is 23.5 Å². The second-order valence-corrected chi connectivity index (χ2v) is 7.72. The molecule has 2 aliphatic rings. The van der Waals surface area contributed by atoms with Gasteiger partial charge in [0, 0.05) is 24.2 Å². The first-order valence-electron chi connectivity index (χ1n) is 8.78. The van der Waals surface area contributed by atoms with Crippen LogP contribution in [0.3, 0.4) is 0 Å². The molecule has 1 aromatic carbocycles. The van der Waals surface area contributed by atoms with Crippen molar-refractivity contribution in [1.29, 1.82) is 0 Å². The summed E-state index contributed by atoms with van der Waals surface area (Å²) in [6.07, 6.45) is 0.993. The Morgan fingerprint density at radius 3 is 2.74 bits per heavy atom. The minimum absolute atomic E-state index is 0.0532. The smallest absolute Gasteiger partial charge is 0.261 e. The Hall–Kier alpha value is -3.09. The molecule has 140 valence electrons. The summed E-state index contributed by atoms with van der Waals surface area (Å²) in [4.78, 5) is 40.0. The molecule has 2 heterocycles. The summed E-state index contributed by atoms with van der Waals surface area (Å²) in [5, 5.41) is 2.72. The fraction of sp³-hybridized carbons (Fsp3) is 0.350. The molecule has 27 heavy (non-hydrogen) atoms. The lowest BCUT2D eigenvalue weighted by molar-refractivity contribution is 0.0910. The summed E-state index contributed by atoms with van der Waals surface area (Å²) >= 11 is 0. The van der Waals surface area contributed by atoms with E-state index in [9.17, 15) is 14.4 Å². The Morgan fingerprint density at radius 1 is 1.15 bits per heavy atom. The summed E-state index contributed by atoms with van der Waals surface area (Å²) < 4.78 is 10.6. The van der Waals surface area contributed by atoms with E-state index < -0.39 is 11.5 Å². The summed E-state index contributed by atoms with van der Waals surface area (Å²) in [5.41, 5.74) is 1.12. The number of nitrogens with one attached hydrogen (secondary N) is 2. The molecule has 7 nitrogen and oxygen atoms in total. The van der Waals surface area contributed by atoms with E-state index in [-0.39, 0.29) is 30.1 Å². The molecule has 0 atom stereocenters. The first kappa shape index (κ1) is 17.3. The minimum atomic E-state index is -0.519. The number of rotatable bonds is 3. The van der Waals surface area contributed by atoms with Crippen LogP contribution in [0.1, 0.15) is 52.2 Å². The van der Waals surface area contributed by atoms with Gasteiger partial charge in [-0.2, -0.15) is 0 Å². The molecule has 2 N–H and O–H groups in total. The fourth-order valence-electron chi connectivity index (χ4n) is 3.52. The Labute approximate surface area is 155 Å². The van der Waals surface area contributed by atoms with E-state index in [0.717, 1.165) is 5.56 Å². The molecule has 0 spiro atoms. The van der Waals surface area contributed by atoms with Gasteiger partial charge in [0.1, 0.15) is 5.56 Å². The zero-order valence-electron chi connectivity index (χ0n) is 15.2. The van der Waals surface area contributed by atoms with E-state index in [4.69, 9.17) is 9.47 Å². The second kappa shape index (κ2) is 6.26. The monoisotopic (exact) mass is 368 g/mol. The largest absolute Gasteiger partial charge is 0.454 e. The number of benzene rings is 1. The van der Waals surface area contributed by atoms with E-state index in [1.54, 1.807) is 12.1 Å². The summed E-state index contributed by atoms with van der Waals surface area (Å²) in [7, 11) is 0. The highest BCUT2D eigenvalue weighted by atomic mass is 16.7. The Kier molecular flexibility index (Phi) is 4.02. The van der Waals surface area contributed by atoms with E-state index in [2.05, 4.69) is 10.3 Å². The summed E-state index contributed by atoms with van der Waals surface area (Å²) in [5.74, 6) is 0.718. The topological polar surface area (TPSA) is 97.5 Å². The predicted octanol–water partition coefficient (Wildman–Crippen LogP) is 2.19. The average molecular weight is 368 g/mol. The third-order valence-corrected chi connectivity index (χ3v) is 4.85. The molecule has 1 aromatic heterocycles. The molecule has 1 aliphatic heterocycles. The second-order valence-electron chi connectivity index (χ2n) is 7.72. The number of carbonyl (C=O) groups is 2. The molecule has 4 rings (SSSR count). The van der Waals surface area contributed by atoms with E-state index in [1.165, 1.54) is 6.07 Å². The first-order valence-corrected chi connectivity index (χ1v) is 8.78. The molecule has 0 fully saturated rings. The molecule has 0 unspecified atom stereocenters. The number of Topliss-reactive ketones (excluding diaryl/α,β-unsaturated/α-hetero) is 1. The number of carbonyl (C=O) groups excluding carboxylic acids is 2. The molecule has 2 aromatic rings. The maximum atomic E-state index is 12.5. The van der Waals surface area contributed by atoms with Gasteiger partial charge in [0.05, 0.1) is 0 Å². The van der Waals surface area contributed by atoms with Crippen LogP contribution in [0.2, 0.25) is 0 Å². The van der Waals surface area contributed by atoms with Crippen LogP contribution < -0.4 is 20.3 Å². The Morgan fingerprint density at radius 2 is 1.93 bits per heavy atom. The van der Waals surface area contributed by atoms with Gasteiger partial charge in [0.25, 0.3) is 11.5 Å². The number of fused-ring (bicyclic) bond motifs is 2. The van der Waals surface area contributed by atoms with Crippen molar-refractivity contribution in [1.82, 2.24) is 10.3 Å². The number of hydrogen-bond acceptors (Lipinski definition) is 5. The lowest BCUT2D eigenvalue weighted by Crippen LogP contribution is -2.34. The van der Waals surface area contributed by atoms with Crippen molar-refractivity contribution in [3.8, 4) is 11.5 Å². The Bertz CT molecular complexity index is 1010. The number of ketones is 1. The van der Waals surface area contributed by atoms with Crippen molar-refractivity contribution in [2.24, 2.45) is 5.41 Å². The van der Waals surface area contributed by atoms with Crippen molar-refractivity contribution in [3.63, 3.8) is 0 Å². The normalized spacial score (nSPS) is 16.7. The van der Waals surface area contributed by atoms with E-state index in [0.29, 0.717) is 35.6 Å². The molecule has 1 amide bonds. The van der Waals surface area contributed by atoms with Crippen molar-refractivity contribution < 1.29 is 19.1 Å². The standard InChI is InChI=1S/C20H20N2O5/c1-20(2)7-14-12(15(23)8-20)6-13(19(25)22-14)18(24)21-9-11-3-4-16-17(5-11)27-10-26-16/h3-6H,7-10H2,1-2H3,(H,21,24)(H,22,25).